The van der Waals surface area contributed by atoms with E-state index in [9.17, 15) is 0 Å². The summed E-state index contributed by atoms with van der Waals surface area (Å²) < 4.78 is 22.2. The van der Waals surface area contributed by atoms with Crippen molar-refractivity contribution in [3.8, 4) is 0 Å². The number of para-hydroxylation sites is 1. The Morgan fingerprint density at radius 2 is 2.17 bits per heavy atom. The van der Waals surface area contributed by atoms with Gasteiger partial charge in [0.25, 0.3) is 0 Å². The van der Waals surface area contributed by atoms with Crippen LogP contribution in [0.5, 0.6) is 0 Å². The first kappa shape index (κ1) is 4.92. The molecule has 1 heterocycles. The smallest absolute Gasteiger partial charge is 0.127 e. The van der Waals surface area contributed by atoms with Crippen molar-refractivity contribution in [2.24, 2.45) is 0 Å². The highest BCUT2D eigenvalue weighted by Crippen LogP contribution is 2.19. The minimum Gasteiger partial charge on any atom is -0.233 e. The van der Waals surface area contributed by atoms with Crippen LogP contribution >= 0.6 is 15.9 Å². The molecule has 0 aliphatic rings. The molecule has 12 heavy (non-hydrogen) atoms. The summed E-state index contributed by atoms with van der Waals surface area (Å²) in [6.07, 6.45) is 0. The molecule has 2 rings (SSSR count). The summed E-state index contributed by atoms with van der Waals surface area (Å²) in [4.78, 5) is 7.92. The summed E-state index contributed by atoms with van der Waals surface area (Å²) in [5.74, 6) is -0.131. The topological polar surface area (TPSA) is 25.8 Å². The van der Waals surface area contributed by atoms with Crippen molar-refractivity contribution in [3.05, 3.63) is 34.7 Å². The van der Waals surface area contributed by atoms with E-state index >= 15 is 0 Å². The molecule has 2 nitrogen and oxygen atoms in total. The number of hydrogen-bond acceptors (Lipinski definition) is 2. The summed E-state index contributed by atoms with van der Waals surface area (Å²) >= 11 is 3.24. The molecule has 0 atom stereocenters. The highest BCUT2D eigenvalue weighted by Gasteiger charge is 2.00. The second kappa shape index (κ2) is 2.83. The van der Waals surface area contributed by atoms with Crippen LogP contribution in [0.1, 0.15) is 9.94 Å². The van der Waals surface area contributed by atoms with Gasteiger partial charge in [0.05, 0.1) is 5.52 Å². The van der Waals surface area contributed by atoms with Crippen LogP contribution < -0.4 is 0 Å². The summed E-state index contributed by atoms with van der Waals surface area (Å²) in [6.45, 7) is -2.27. The van der Waals surface area contributed by atoms with Crippen molar-refractivity contribution in [3.63, 3.8) is 0 Å². The average molecular weight is 226 g/mol. The molecule has 0 N–H and O–H groups in total. The summed E-state index contributed by atoms with van der Waals surface area (Å²) in [6, 6.07) is 7.26. The third kappa shape index (κ3) is 1.20. The largest absolute Gasteiger partial charge is 0.233 e. The lowest BCUT2D eigenvalue weighted by Gasteiger charge is -1.99. The maximum atomic E-state index is 7.23. The maximum absolute atomic E-state index is 7.23. The Morgan fingerprint density at radius 3 is 3.00 bits per heavy atom. The standard InChI is InChI=1S/C9H7BrN2/c1-6-11-8-5-3-2-4-7(8)9(10)12-6/h2-5H,1H3/i1D3. The molecule has 0 spiro atoms. The molecule has 0 radical (unpaired) electrons. The van der Waals surface area contributed by atoms with Crippen molar-refractivity contribution in [2.45, 2.75) is 6.85 Å². The zero-order valence-corrected chi connectivity index (χ0v) is 7.67. The van der Waals surface area contributed by atoms with Crippen LogP contribution in [0.2, 0.25) is 0 Å². The number of aromatic nitrogens is 2. The van der Waals surface area contributed by atoms with Crippen LogP contribution in [0.25, 0.3) is 10.9 Å². The van der Waals surface area contributed by atoms with E-state index in [1.54, 1.807) is 6.07 Å². The van der Waals surface area contributed by atoms with Gasteiger partial charge in [0, 0.05) is 9.50 Å². The van der Waals surface area contributed by atoms with Gasteiger partial charge in [0.1, 0.15) is 10.4 Å². The average Bonchev–Trinajstić information content (AvgIpc) is 2.16. The van der Waals surface area contributed by atoms with E-state index in [0.717, 1.165) is 5.39 Å². The first-order valence-corrected chi connectivity index (χ1v) is 4.20. The van der Waals surface area contributed by atoms with Crippen LogP contribution in [-0.2, 0) is 0 Å². The zero-order chi connectivity index (χ0) is 11.1. The minimum absolute atomic E-state index is 0.131. The van der Waals surface area contributed by atoms with Crippen LogP contribution in [0, 0.1) is 6.85 Å². The fourth-order valence-electron chi connectivity index (χ4n) is 1.04. The monoisotopic (exact) mass is 225 g/mol. The van der Waals surface area contributed by atoms with Gasteiger partial charge in [-0.15, -0.1) is 0 Å². The molecular weight excluding hydrogens is 216 g/mol. The Hall–Kier alpha value is -0.960. The molecule has 0 unspecified atom stereocenters. The van der Waals surface area contributed by atoms with E-state index in [0.29, 0.717) is 10.1 Å². The second-order valence-electron chi connectivity index (χ2n) is 2.36. The molecule has 0 saturated carbocycles. The SMILES string of the molecule is [2H]C([2H])([2H])c1nc(Br)c2ccccc2n1. The van der Waals surface area contributed by atoms with Crippen molar-refractivity contribution in [2.75, 3.05) is 0 Å². The predicted molar refractivity (Wildman–Crippen MR) is 52.0 cm³/mol. The van der Waals surface area contributed by atoms with Gasteiger partial charge in [-0.3, -0.25) is 0 Å². The van der Waals surface area contributed by atoms with Crippen molar-refractivity contribution in [1.82, 2.24) is 9.97 Å². The van der Waals surface area contributed by atoms with Gasteiger partial charge in [-0.05, 0) is 28.8 Å². The molecule has 0 aliphatic carbocycles. The molecule has 1 aromatic heterocycles. The molecule has 0 amide bonds. The van der Waals surface area contributed by atoms with Gasteiger partial charge in [0.15, 0.2) is 0 Å². The number of benzene rings is 1. The number of hydrogen-bond donors (Lipinski definition) is 0. The van der Waals surface area contributed by atoms with E-state index in [2.05, 4.69) is 25.9 Å². The van der Waals surface area contributed by atoms with Gasteiger partial charge >= 0.3 is 0 Å². The molecule has 2 aromatic rings. The van der Waals surface area contributed by atoms with Crippen LogP contribution in [0.15, 0.2) is 28.9 Å². The first-order valence-electron chi connectivity index (χ1n) is 4.91. The molecule has 0 aliphatic heterocycles. The van der Waals surface area contributed by atoms with Crippen molar-refractivity contribution in [1.29, 1.82) is 0 Å². The highest BCUT2D eigenvalue weighted by molar-refractivity contribution is 9.10. The fraction of sp³-hybridized carbons (Fsp3) is 0.111. The van der Waals surface area contributed by atoms with Gasteiger partial charge in [-0.25, -0.2) is 9.97 Å². The Balaban J connectivity index is 2.73. The Labute approximate surface area is 83.0 Å². The van der Waals surface area contributed by atoms with Gasteiger partial charge in [0.2, 0.25) is 0 Å². The third-order valence-corrected chi connectivity index (χ3v) is 2.16. The van der Waals surface area contributed by atoms with Gasteiger partial charge in [-0.2, -0.15) is 0 Å². The molecular formula is C9H7BrN2. The normalized spacial score (nSPS) is 15.2. The van der Waals surface area contributed by atoms with Crippen LogP contribution in [0.3, 0.4) is 0 Å². The molecule has 0 bridgehead atoms. The Bertz CT molecular complexity index is 510. The summed E-state index contributed by atoms with van der Waals surface area (Å²) in [5.41, 5.74) is 0.630. The van der Waals surface area contributed by atoms with Gasteiger partial charge in [-0.1, -0.05) is 18.2 Å². The zero-order valence-electron chi connectivity index (χ0n) is 9.08. The van der Waals surface area contributed by atoms with E-state index in [1.807, 2.05) is 18.2 Å². The summed E-state index contributed by atoms with van der Waals surface area (Å²) in [5, 5.41) is 0.811. The minimum atomic E-state index is -2.27. The third-order valence-electron chi connectivity index (χ3n) is 1.56. The van der Waals surface area contributed by atoms with Crippen molar-refractivity contribution >= 4 is 26.8 Å². The Kier molecular flexibility index (Phi) is 1.16. The van der Waals surface area contributed by atoms with Crippen molar-refractivity contribution < 1.29 is 4.11 Å². The maximum Gasteiger partial charge on any atom is 0.127 e. The molecule has 60 valence electrons. The van der Waals surface area contributed by atoms with E-state index in [4.69, 9.17) is 4.11 Å². The Morgan fingerprint density at radius 1 is 1.33 bits per heavy atom. The lowest BCUT2D eigenvalue weighted by molar-refractivity contribution is 1.07. The number of aryl methyl sites for hydroxylation is 1. The number of halogens is 1. The van der Waals surface area contributed by atoms with Crippen LogP contribution in [0.4, 0.5) is 0 Å². The molecule has 0 saturated heterocycles. The van der Waals surface area contributed by atoms with E-state index in [1.165, 1.54) is 0 Å². The number of fused-ring (bicyclic) bond motifs is 1. The van der Waals surface area contributed by atoms with Gasteiger partial charge < -0.3 is 0 Å². The molecule has 1 aromatic carbocycles. The lowest BCUT2D eigenvalue weighted by Crippen LogP contribution is -1.89. The quantitative estimate of drug-likeness (QED) is 0.645. The lowest BCUT2D eigenvalue weighted by atomic mass is 10.2. The summed E-state index contributed by atoms with van der Waals surface area (Å²) in [7, 11) is 0. The van der Waals surface area contributed by atoms with E-state index < -0.39 is 6.85 Å². The van der Waals surface area contributed by atoms with E-state index in [-0.39, 0.29) is 5.82 Å². The molecule has 3 heteroatoms. The number of nitrogens with zero attached hydrogens (tertiary/aromatic N) is 2. The fourth-order valence-corrected chi connectivity index (χ4v) is 1.54. The number of rotatable bonds is 0. The first-order chi connectivity index (χ1) is 6.98. The van der Waals surface area contributed by atoms with Crippen LogP contribution in [-0.4, -0.2) is 9.97 Å². The highest BCUT2D eigenvalue weighted by atomic mass is 79.9. The predicted octanol–water partition coefficient (Wildman–Crippen LogP) is 2.70. The molecule has 0 fully saturated rings. The second-order valence-corrected chi connectivity index (χ2v) is 3.11.